The second-order valence-electron chi connectivity index (χ2n) is 7.56. The molecule has 1 aromatic heterocycles. The number of likely N-dealkylation sites (tertiary alicyclic amines) is 1. The van der Waals surface area contributed by atoms with E-state index in [-0.39, 0.29) is 29.8 Å². The van der Waals surface area contributed by atoms with Crippen molar-refractivity contribution in [2.24, 2.45) is 11.3 Å². The van der Waals surface area contributed by atoms with E-state index in [1.807, 2.05) is 24.3 Å². The number of carbonyl (C=O) groups excluding carboxylic acids is 2. The molecule has 1 aliphatic heterocycles. The number of nitrogens with zero attached hydrogens (tertiary/aromatic N) is 1. The van der Waals surface area contributed by atoms with E-state index in [2.05, 4.69) is 5.32 Å². The Morgan fingerprint density at radius 2 is 2.11 bits per heavy atom. The molecule has 0 bridgehead atoms. The summed E-state index contributed by atoms with van der Waals surface area (Å²) in [4.78, 5) is 27.4. The lowest BCUT2D eigenvalue weighted by Gasteiger charge is -2.40. The SMILES string of the molecule is CC(O)[C@@H](CO)NC(=O)C1CC12CN(C(=O)c1sc3ccccc3c1Cl)C2. The lowest BCUT2D eigenvalue weighted by molar-refractivity contribution is -0.126. The smallest absolute Gasteiger partial charge is 0.265 e. The molecule has 2 unspecified atom stereocenters. The van der Waals surface area contributed by atoms with Crippen molar-refractivity contribution in [1.29, 1.82) is 0 Å². The van der Waals surface area contributed by atoms with Crippen LogP contribution in [0.15, 0.2) is 24.3 Å². The van der Waals surface area contributed by atoms with Crippen LogP contribution >= 0.6 is 22.9 Å². The van der Waals surface area contributed by atoms with Crippen LogP contribution < -0.4 is 5.32 Å². The van der Waals surface area contributed by atoms with Gasteiger partial charge in [-0.25, -0.2) is 0 Å². The number of halogens is 1. The number of aliphatic hydroxyl groups is 2. The molecular formula is C19H21ClN2O4S. The molecule has 1 saturated carbocycles. The van der Waals surface area contributed by atoms with Crippen LogP contribution in [-0.4, -0.2) is 58.8 Å². The highest BCUT2D eigenvalue weighted by Gasteiger charge is 2.65. The first kappa shape index (κ1) is 18.7. The Labute approximate surface area is 165 Å². The zero-order valence-corrected chi connectivity index (χ0v) is 16.4. The molecule has 2 aromatic rings. The monoisotopic (exact) mass is 408 g/mol. The Balaban J connectivity index is 1.39. The molecule has 1 aromatic carbocycles. The first-order valence-corrected chi connectivity index (χ1v) is 10.1. The highest BCUT2D eigenvalue weighted by atomic mass is 35.5. The summed E-state index contributed by atoms with van der Waals surface area (Å²) in [5.74, 6) is -0.427. The third-order valence-electron chi connectivity index (χ3n) is 5.64. The van der Waals surface area contributed by atoms with Crippen molar-refractivity contribution in [1.82, 2.24) is 10.2 Å². The highest BCUT2D eigenvalue weighted by Crippen LogP contribution is 2.59. The molecule has 3 N–H and O–H groups in total. The number of carbonyl (C=O) groups is 2. The zero-order chi connectivity index (χ0) is 19.3. The van der Waals surface area contributed by atoms with E-state index in [1.165, 1.54) is 18.3 Å². The molecule has 2 amide bonds. The van der Waals surface area contributed by atoms with Crippen molar-refractivity contribution in [2.75, 3.05) is 19.7 Å². The molecule has 6 nitrogen and oxygen atoms in total. The fraction of sp³-hybridized carbons (Fsp3) is 0.474. The molecule has 144 valence electrons. The Hall–Kier alpha value is -1.67. The minimum absolute atomic E-state index is 0.0879. The Kier molecular flexibility index (Phi) is 4.66. The Morgan fingerprint density at radius 3 is 2.74 bits per heavy atom. The van der Waals surface area contributed by atoms with Crippen molar-refractivity contribution >= 4 is 44.8 Å². The molecule has 2 fully saturated rings. The van der Waals surface area contributed by atoms with Gasteiger partial charge in [0, 0.05) is 34.5 Å². The van der Waals surface area contributed by atoms with Crippen molar-refractivity contribution < 1.29 is 19.8 Å². The van der Waals surface area contributed by atoms with Gasteiger partial charge >= 0.3 is 0 Å². The largest absolute Gasteiger partial charge is 0.394 e. The molecule has 1 saturated heterocycles. The lowest BCUT2D eigenvalue weighted by atomic mass is 9.92. The normalized spacial score (nSPS) is 22.4. The second-order valence-corrected chi connectivity index (χ2v) is 8.99. The summed E-state index contributed by atoms with van der Waals surface area (Å²) in [6.07, 6.45) is -0.0935. The van der Waals surface area contributed by atoms with Crippen LogP contribution in [-0.2, 0) is 4.79 Å². The van der Waals surface area contributed by atoms with Crippen LogP contribution in [0.5, 0.6) is 0 Å². The summed E-state index contributed by atoms with van der Waals surface area (Å²) in [7, 11) is 0. The maximum Gasteiger partial charge on any atom is 0.265 e. The standard InChI is InChI=1S/C19H21ClN2O4S/c1-10(24)13(7-23)21-17(25)12-6-19(12)8-22(9-19)18(26)16-15(20)11-4-2-3-5-14(11)27-16/h2-5,10,12-13,23-24H,6-9H2,1H3,(H,21,25)/t10?,12?,13-/m1/s1. The number of aliphatic hydroxyl groups excluding tert-OH is 2. The molecule has 4 rings (SSSR count). The van der Waals surface area contributed by atoms with E-state index in [1.54, 1.807) is 4.90 Å². The van der Waals surface area contributed by atoms with Gasteiger partial charge in [-0.3, -0.25) is 9.59 Å². The van der Waals surface area contributed by atoms with Crippen LogP contribution in [0.4, 0.5) is 0 Å². The number of amides is 2. The minimum Gasteiger partial charge on any atom is -0.394 e. The summed E-state index contributed by atoms with van der Waals surface area (Å²) in [5.41, 5.74) is -0.165. The van der Waals surface area contributed by atoms with Crippen LogP contribution in [0.25, 0.3) is 10.1 Å². The van der Waals surface area contributed by atoms with Gasteiger partial charge in [-0.1, -0.05) is 29.8 Å². The van der Waals surface area contributed by atoms with E-state index in [0.29, 0.717) is 23.0 Å². The first-order valence-electron chi connectivity index (χ1n) is 8.92. The molecular weight excluding hydrogens is 388 g/mol. The van der Waals surface area contributed by atoms with Gasteiger partial charge in [0.25, 0.3) is 5.91 Å². The summed E-state index contributed by atoms with van der Waals surface area (Å²) in [5, 5.41) is 22.9. The van der Waals surface area contributed by atoms with Crippen LogP contribution in [0.3, 0.4) is 0 Å². The Morgan fingerprint density at radius 1 is 1.41 bits per heavy atom. The fourth-order valence-corrected chi connectivity index (χ4v) is 5.30. The van der Waals surface area contributed by atoms with Crippen molar-refractivity contribution in [3.63, 3.8) is 0 Å². The maximum absolute atomic E-state index is 12.8. The van der Waals surface area contributed by atoms with Crippen molar-refractivity contribution in [3.8, 4) is 0 Å². The van der Waals surface area contributed by atoms with E-state index < -0.39 is 12.1 Å². The van der Waals surface area contributed by atoms with Crippen LogP contribution in [0, 0.1) is 11.3 Å². The van der Waals surface area contributed by atoms with Gasteiger partial charge in [0.2, 0.25) is 5.91 Å². The first-order chi connectivity index (χ1) is 12.9. The summed E-state index contributed by atoms with van der Waals surface area (Å²) < 4.78 is 0.984. The van der Waals surface area contributed by atoms with Gasteiger partial charge in [0.1, 0.15) is 4.88 Å². The number of thiophene rings is 1. The number of hydrogen-bond acceptors (Lipinski definition) is 5. The number of benzene rings is 1. The van der Waals surface area contributed by atoms with E-state index in [4.69, 9.17) is 11.6 Å². The average molecular weight is 409 g/mol. The maximum atomic E-state index is 12.8. The second kappa shape index (κ2) is 6.74. The minimum atomic E-state index is -0.816. The van der Waals surface area contributed by atoms with Gasteiger partial charge in [-0.2, -0.15) is 0 Å². The van der Waals surface area contributed by atoms with E-state index in [9.17, 15) is 19.8 Å². The zero-order valence-electron chi connectivity index (χ0n) is 14.8. The molecule has 2 heterocycles. The third kappa shape index (κ3) is 3.12. The molecule has 8 heteroatoms. The van der Waals surface area contributed by atoms with Crippen molar-refractivity contribution in [2.45, 2.75) is 25.5 Å². The summed E-state index contributed by atoms with van der Waals surface area (Å²) >= 11 is 7.79. The van der Waals surface area contributed by atoms with E-state index in [0.717, 1.165) is 16.5 Å². The molecule has 1 spiro atoms. The quantitative estimate of drug-likeness (QED) is 0.704. The highest BCUT2D eigenvalue weighted by molar-refractivity contribution is 7.21. The summed E-state index contributed by atoms with van der Waals surface area (Å²) in [6, 6.07) is 7.01. The van der Waals surface area contributed by atoms with Crippen LogP contribution in [0.2, 0.25) is 5.02 Å². The predicted molar refractivity (Wildman–Crippen MR) is 104 cm³/mol. The average Bonchev–Trinajstić information content (AvgIpc) is 3.29. The van der Waals surface area contributed by atoms with Crippen LogP contribution in [0.1, 0.15) is 23.0 Å². The number of hydrogen-bond donors (Lipinski definition) is 3. The third-order valence-corrected chi connectivity index (χ3v) is 7.30. The van der Waals surface area contributed by atoms with E-state index >= 15 is 0 Å². The topological polar surface area (TPSA) is 89.9 Å². The summed E-state index contributed by atoms with van der Waals surface area (Å²) in [6.45, 7) is 2.29. The van der Waals surface area contributed by atoms with Gasteiger partial charge in [-0.15, -0.1) is 11.3 Å². The molecule has 2 aliphatic rings. The van der Waals surface area contributed by atoms with Gasteiger partial charge in [0.05, 0.1) is 23.8 Å². The van der Waals surface area contributed by atoms with Crippen molar-refractivity contribution in [3.05, 3.63) is 34.2 Å². The van der Waals surface area contributed by atoms with Gasteiger partial charge < -0.3 is 20.4 Å². The molecule has 1 aliphatic carbocycles. The fourth-order valence-electron chi connectivity index (χ4n) is 3.82. The predicted octanol–water partition coefficient (Wildman–Crippen LogP) is 1.87. The molecule has 27 heavy (non-hydrogen) atoms. The lowest BCUT2D eigenvalue weighted by Crippen LogP contribution is -2.54. The molecule has 3 atom stereocenters. The number of fused-ring (bicyclic) bond motifs is 1. The number of nitrogens with one attached hydrogen (secondary N) is 1. The van der Waals surface area contributed by atoms with Gasteiger partial charge in [0.15, 0.2) is 0 Å². The Bertz CT molecular complexity index is 906. The molecule has 0 radical (unpaired) electrons. The van der Waals surface area contributed by atoms with Gasteiger partial charge in [-0.05, 0) is 19.4 Å². The number of rotatable bonds is 5.